The Morgan fingerprint density at radius 2 is 1.18 bits per heavy atom. The van der Waals surface area contributed by atoms with Gasteiger partial charge in [0.05, 0.1) is 6.42 Å². The number of hydrogen-bond acceptors (Lipinski definition) is 11. The van der Waals surface area contributed by atoms with Crippen LogP contribution in [0.5, 0.6) is 5.75 Å². The molecule has 0 saturated heterocycles. The maximum absolute atomic E-state index is 14.1. The van der Waals surface area contributed by atoms with Gasteiger partial charge in [0, 0.05) is 49.2 Å². The molecule has 0 fully saturated rings. The van der Waals surface area contributed by atoms with Gasteiger partial charge in [0.15, 0.2) is 0 Å². The highest BCUT2D eigenvalue weighted by Crippen LogP contribution is 2.17. The topological polar surface area (TPSA) is 196 Å². The van der Waals surface area contributed by atoms with Crippen LogP contribution in [-0.4, -0.2) is 100.0 Å². The molecule has 0 aliphatic carbocycles. The van der Waals surface area contributed by atoms with Crippen molar-refractivity contribution in [2.45, 2.75) is 103 Å². The lowest BCUT2D eigenvalue weighted by molar-refractivity contribution is -0.155. The second-order valence-corrected chi connectivity index (χ2v) is 17.7. The summed E-state index contributed by atoms with van der Waals surface area (Å²) in [7, 11) is 0.155. The summed E-state index contributed by atoms with van der Waals surface area (Å²) in [5.41, 5.74) is 0.484. The number of amides is 4. The second kappa shape index (κ2) is 23.1. The molecule has 0 spiro atoms. The van der Waals surface area contributed by atoms with Gasteiger partial charge in [-0.05, 0) is 76.8 Å². The van der Waals surface area contributed by atoms with Crippen LogP contribution in [0.2, 0.25) is 0 Å². The van der Waals surface area contributed by atoms with E-state index in [1.807, 2.05) is 24.3 Å². The molecule has 16 heteroatoms. The van der Waals surface area contributed by atoms with E-state index in [0.717, 1.165) is 11.1 Å². The number of carbonyl (C=O) groups excluding carboxylic acids is 6. The molecule has 1 unspecified atom stereocenters. The lowest BCUT2D eigenvalue weighted by Crippen LogP contribution is -2.58. The van der Waals surface area contributed by atoms with Crippen molar-refractivity contribution in [3.8, 4) is 5.75 Å². The monoisotopic (exact) mass is 850 g/mol. The van der Waals surface area contributed by atoms with E-state index in [1.54, 1.807) is 90.1 Å². The van der Waals surface area contributed by atoms with Crippen molar-refractivity contribution < 1.29 is 51.9 Å². The first-order valence-electron chi connectivity index (χ1n) is 19.6. The first kappa shape index (κ1) is 48.6. The number of ether oxygens (including phenoxy) is 4. The van der Waals surface area contributed by atoms with Gasteiger partial charge in [0.25, 0.3) is 0 Å². The third-order valence-corrected chi connectivity index (χ3v) is 9.25. The minimum absolute atomic E-state index is 0.0212. The number of benzene rings is 3. The molecule has 60 heavy (non-hydrogen) atoms. The van der Waals surface area contributed by atoms with Crippen molar-refractivity contribution in [3.63, 3.8) is 0 Å². The van der Waals surface area contributed by atoms with Crippen molar-refractivity contribution in [2.24, 2.45) is 0 Å². The zero-order valence-electron chi connectivity index (χ0n) is 35.6. The van der Waals surface area contributed by atoms with Crippen LogP contribution >= 0.6 is 0 Å². The Hall–Kier alpha value is -5.77. The first-order chi connectivity index (χ1) is 28.2. The summed E-state index contributed by atoms with van der Waals surface area (Å²) in [5, 5.41) is 8.06. The van der Waals surface area contributed by atoms with Crippen LogP contribution in [0.25, 0.3) is 0 Å². The van der Waals surface area contributed by atoms with Crippen molar-refractivity contribution in [3.05, 3.63) is 102 Å². The number of nitrogens with one attached hydrogen (secondary N) is 3. The molecule has 326 valence electrons. The summed E-state index contributed by atoms with van der Waals surface area (Å²) in [6.07, 6.45) is -0.454. The number of hydrogen-bond donors (Lipinski definition) is 3. The Morgan fingerprint density at radius 3 is 1.75 bits per heavy atom. The quantitative estimate of drug-likeness (QED) is 0.0834. The Bertz CT molecular complexity index is 1910. The highest BCUT2D eigenvalue weighted by atomic mass is 32.2. The lowest BCUT2D eigenvalue weighted by Gasteiger charge is -2.28. The summed E-state index contributed by atoms with van der Waals surface area (Å²) < 4.78 is 33.5. The maximum Gasteiger partial charge on any atom is 0.514 e. The summed E-state index contributed by atoms with van der Waals surface area (Å²) in [6.45, 7) is 10.3. The molecule has 0 radical (unpaired) electrons. The van der Waals surface area contributed by atoms with Crippen LogP contribution in [0.4, 0.5) is 9.59 Å². The van der Waals surface area contributed by atoms with Gasteiger partial charge in [-0.25, -0.2) is 9.59 Å². The average molecular weight is 851 g/mol. The fourth-order valence-corrected chi connectivity index (χ4v) is 6.17. The van der Waals surface area contributed by atoms with Gasteiger partial charge in [0.1, 0.15) is 41.7 Å². The van der Waals surface area contributed by atoms with Gasteiger partial charge in [-0.1, -0.05) is 72.8 Å². The molecule has 0 heterocycles. The molecule has 0 aromatic heterocycles. The summed E-state index contributed by atoms with van der Waals surface area (Å²) in [4.78, 5) is 81.0. The number of likely N-dealkylation sites (N-methyl/N-ethyl adjacent to an activating group) is 1. The van der Waals surface area contributed by atoms with E-state index in [4.69, 9.17) is 18.9 Å². The van der Waals surface area contributed by atoms with Gasteiger partial charge in [0.2, 0.25) is 17.7 Å². The molecule has 0 aliphatic rings. The van der Waals surface area contributed by atoms with Gasteiger partial charge < -0.3 is 39.8 Å². The molecule has 0 saturated carbocycles. The third-order valence-electron chi connectivity index (χ3n) is 8.44. The van der Waals surface area contributed by atoms with Crippen LogP contribution in [0.1, 0.15) is 71.1 Å². The summed E-state index contributed by atoms with van der Waals surface area (Å²) >= 11 is 0. The van der Waals surface area contributed by atoms with E-state index in [0.29, 0.717) is 5.56 Å². The normalized spacial score (nSPS) is 13.3. The van der Waals surface area contributed by atoms with Gasteiger partial charge >= 0.3 is 18.2 Å². The number of alkyl carbamates (subject to hydrolysis) is 1. The molecule has 4 amide bonds. The molecular formula is C44H58N4O11S. The van der Waals surface area contributed by atoms with Gasteiger partial charge in [-0.2, -0.15) is 0 Å². The van der Waals surface area contributed by atoms with Crippen LogP contribution in [0.15, 0.2) is 84.9 Å². The van der Waals surface area contributed by atoms with Gasteiger partial charge in [-0.15, -0.1) is 0 Å². The zero-order chi connectivity index (χ0) is 44.5. The van der Waals surface area contributed by atoms with Crippen molar-refractivity contribution >= 4 is 46.7 Å². The SMILES string of the molecule is CN(CCC(=O)OC(C)(C)C)C(=O)[C@H](Cc1ccccc1)NC(=O)[C@@H](CCS(C)=O)NC(=O)[C@H](Cc1ccc(OC(=O)OCc2ccccc2)cc1)NC(=O)OC(C)(C)C. The van der Waals surface area contributed by atoms with Crippen LogP contribution in [-0.2, 0) is 63.6 Å². The van der Waals surface area contributed by atoms with E-state index in [9.17, 15) is 33.0 Å². The third kappa shape index (κ3) is 18.9. The highest BCUT2D eigenvalue weighted by Gasteiger charge is 2.32. The Morgan fingerprint density at radius 1 is 0.667 bits per heavy atom. The number of rotatable bonds is 19. The van der Waals surface area contributed by atoms with E-state index < -0.39 is 76.1 Å². The Kier molecular flexibility index (Phi) is 18.7. The largest absolute Gasteiger partial charge is 0.514 e. The minimum atomic E-state index is -1.36. The van der Waals surface area contributed by atoms with Gasteiger partial charge in [-0.3, -0.25) is 23.4 Å². The molecule has 0 aliphatic heterocycles. The summed E-state index contributed by atoms with van der Waals surface area (Å²) in [5.74, 6) is -2.24. The molecule has 3 aromatic rings. The first-order valence-corrected chi connectivity index (χ1v) is 21.3. The second-order valence-electron chi connectivity index (χ2n) is 16.1. The standard InChI is InChI=1S/C44H58N4O11S/c1-43(2,3)58-37(49)23-25-48(7)40(52)36(28-30-15-11-9-12-16-30)46-38(50)34(24-26-60(8)55)45-39(51)35(47-41(53)59-44(4,5)6)27-31-19-21-33(22-20-31)57-42(54)56-29-32-17-13-10-14-18-32/h9-22,34-36H,23-29H2,1-8H3,(H,45,51)(H,46,50)(H,47,53)/t34-,35+,36+,60?/m1/s1. The zero-order valence-corrected chi connectivity index (χ0v) is 36.4. The molecular weight excluding hydrogens is 793 g/mol. The van der Waals surface area contributed by atoms with E-state index in [1.165, 1.54) is 30.3 Å². The van der Waals surface area contributed by atoms with Crippen molar-refractivity contribution in [1.29, 1.82) is 0 Å². The Labute approximate surface area is 354 Å². The van der Waals surface area contributed by atoms with E-state index >= 15 is 0 Å². The smallest absolute Gasteiger partial charge is 0.460 e. The number of carbonyl (C=O) groups is 6. The van der Waals surface area contributed by atoms with Crippen molar-refractivity contribution in [1.82, 2.24) is 20.9 Å². The molecule has 15 nitrogen and oxygen atoms in total. The highest BCUT2D eigenvalue weighted by molar-refractivity contribution is 7.84. The summed E-state index contributed by atoms with van der Waals surface area (Å²) in [6, 6.07) is 20.6. The number of esters is 1. The molecule has 3 rings (SSSR count). The van der Waals surface area contributed by atoms with E-state index in [2.05, 4.69) is 16.0 Å². The predicted molar refractivity (Wildman–Crippen MR) is 226 cm³/mol. The fourth-order valence-electron chi connectivity index (χ4n) is 5.61. The van der Waals surface area contributed by atoms with Crippen molar-refractivity contribution in [2.75, 3.05) is 25.6 Å². The predicted octanol–water partition coefficient (Wildman–Crippen LogP) is 5.01. The average Bonchev–Trinajstić information content (AvgIpc) is 3.16. The maximum atomic E-state index is 14.1. The number of nitrogens with zero attached hydrogens (tertiary/aromatic N) is 1. The van der Waals surface area contributed by atoms with Crippen LogP contribution in [0.3, 0.4) is 0 Å². The Balaban J connectivity index is 1.81. The van der Waals surface area contributed by atoms with Crippen LogP contribution in [0, 0.1) is 0 Å². The minimum Gasteiger partial charge on any atom is -0.460 e. The molecule has 4 atom stereocenters. The molecule has 0 bridgehead atoms. The fraction of sp³-hybridized carbons (Fsp3) is 0.455. The van der Waals surface area contributed by atoms with Crippen LogP contribution < -0.4 is 20.7 Å². The lowest BCUT2D eigenvalue weighted by atomic mass is 10.0. The van der Waals surface area contributed by atoms with E-state index in [-0.39, 0.29) is 50.3 Å². The molecule has 3 N–H and O–H groups in total. The molecule has 3 aromatic carbocycles.